The second kappa shape index (κ2) is 11.9. The maximum Gasteiger partial charge on any atom is 0.407 e. The zero-order valence-electron chi connectivity index (χ0n) is 22.0. The fraction of sp³-hybridized carbons (Fsp3) is 0.407. The Kier molecular flexibility index (Phi) is 8.52. The number of fused-ring (bicyclic) bond motifs is 1. The molecule has 1 saturated heterocycles. The molecule has 2 aromatic carbocycles. The minimum Gasteiger partial charge on any atom is -0.465 e. The first-order chi connectivity index (χ1) is 19.0. The lowest BCUT2D eigenvalue weighted by Crippen LogP contribution is -2.57. The number of anilines is 2. The Hall–Kier alpha value is -4.26. The monoisotopic (exact) mass is 559 g/mol. The highest BCUT2D eigenvalue weighted by molar-refractivity contribution is 6.00. The Balaban J connectivity index is 1.68. The van der Waals surface area contributed by atoms with Gasteiger partial charge in [0.05, 0.1) is 0 Å². The largest absolute Gasteiger partial charge is 0.465 e. The molecule has 4 rings (SSSR count). The van der Waals surface area contributed by atoms with E-state index in [1.807, 2.05) is 0 Å². The van der Waals surface area contributed by atoms with E-state index >= 15 is 0 Å². The number of carbonyl (C=O) groups excluding carboxylic acids is 3. The van der Waals surface area contributed by atoms with Crippen LogP contribution in [0.1, 0.15) is 36.9 Å². The molecule has 0 bridgehead atoms. The van der Waals surface area contributed by atoms with Crippen molar-refractivity contribution >= 4 is 35.2 Å². The van der Waals surface area contributed by atoms with Gasteiger partial charge in [0, 0.05) is 32.5 Å². The number of rotatable bonds is 7. The van der Waals surface area contributed by atoms with Crippen molar-refractivity contribution in [3.63, 3.8) is 0 Å². The van der Waals surface area contributed by atoms with Crippen molar-refractivity contribution in [2.75, 3.05) is 31.3 Å². The van der Waals surface area contributed by atoms with E-state index in [1.54, 1.807) is 18.2 Å². The molecule has 214 valence electrons. The normalized spacial score (nSPS) is 18.4. The van der Waals surface area contributed by atoms with E-state index in [-0.39, 0.29) is 12.5 Å². The van der Waals surface area contributed by atoms with E-state index in [9.17, 15) is 33.1 Å². The van der Waals surface area contributed by atoms with Crippen LogP contribution >= 0.6 is 0 Å². The molecule has 1 unspecified atom stereocenters. The third-order valence-corrected chi connectivity index (χ3v) is 7.42. The maximum absolute atomic E-state index is 14.4. The second-order valence-corrected chi connectivity index (χ2v) is 9.92. The van der Waals surface area contributed by atoms with Crippen molar-refractivity contribution in [1.29, 1.82) is 0 Å². The van der Waals surface area contributed by atoms with Crippen LogP contribution in [0.25, 0.3) is 0 Å². The summed E-state index contributed by atoms with van der Waals surface area (Å²) in [4.78, 5) is 54.2. The van der Waals surface area contributed by atoms with Crippen LogP contribution in [0.5, 0.6) is 0 Å². The highest BCUT2D eigenvalue weighted by Crippen LogP contribution is 2.37. The van der Waals surface area contributed by atoms with Crippen molar-refractivity contribution in [3.05, 3.63) is 59.2 Å². The fourth-order valence-corrected chi connectivity index (χ4v) is 4.99. The molecule has 0 radical (unpaired) electrons. The number of halogens is 2. The number of ether oxygens (including phenoxy) is 1. The van der Waals surface area contributed by atoms with E-state index in [1.165, 1.54) is 18.9 Å². The molecule has 2 aromatic rings. The highest BCUT2D eigenvalue weighted by atomic mass is 19.1. The quantitative estimate of drug-likeness (QED) is 0.380. The summed E-state index contributed by atoms with van der Waals surface area (Å²) < 4.78 is 34.1. The standard InChI is InChI=1S/C27H31F2N5O6/c1-14(33(2)27(38)39)24(35)31-21(15-8-10-40-11-9-15)26(37)34-13-16-12-17(30)6-7-18(16)23(34)25(36)32-22-19(28)4-3-5-20(22)29/h3-7,12,14-15,21,23H,8-11,13,30H2,1-2H3,(H,31,35)(H,32,36)(H,38,39)/t14?,21-,23+/m0/s1. The van der Waals surface area contributed by atoms with Gasteiger partial charge in [-0.05, 0) is 61.1 Å². The van der Waals surface area contributed by atoms with Crippen molar-refractivity contribution < 1.29 is 37.8 Å². The molecule has 2 heterocycles. The topological polar surface area (TPSA) is 154 Å². The third-order valence-electron chi connectivity index (χ3n) is 7.42. The predicted octanol–water partition coefficient (Wildman–Crippen LogP) is 2.48. The number of hydrogen-bond acceptors (Lipinski definition) is 6. The number of carbonyl (C=O) groups is 4. The molecule has 40 heavy (non-hydrogen) atoms. The Morgan fingerprint density at radius 1 is 1.12 bits per heavy atom. The smallest absolute Gasteiger partial charge is 0.407 e. The number of nitrogens with two attached hydrogens (primary N) is 1. The molecule has 13 heteroatoms. The summed E-state index contributed by atoms with van der Waals surface area (Å²) in [6.07, 6.45) is -0.447. The van der Waals surface area contributed by atoms with E-state index in [0.717, 1.165) is 23.1 Å². The molecule has 0 aliphatic carbocycles. The molecule has 2 aliphatic heterocycles. The average Bonchev–Trinajstić information content (AvgIpc) is 3.31. The van der Waals surface area contributed by atoms with Crippen LogP contribution in [0.15, 0.2) is 36.4 Å². The number of hydrogen-bond donors (Lipinski definition) is 4. The Labute approximate surface area is 229 Å². The lowest BCUT2D eigenvalue weighted by atomic mass is 9.90. The van der Waals surface area contributed by atoms with Crippen LogP contribution in [0.2, 0.25) is 0 Å². The first kappa shape index (κ1) is 28.7. The molecule has 4 amide bonds. The zero-order chi connectivity index (χ0) is 29.1. The van der Waals surface area contributed by atoms with Gasteiger partial charge in [0.2, 0.25) is 11.8 Å². The Morgan fingerprint density at radius 2 is 1.77 bits per heavy atom. The first-order valence-electron chi connectivity index (χ1n) is 12.8. The number of nitrogen functional groups attached to an aromatic ring is 1. The lowest BCUT2D eigenvalue weighted by molar-refractivity contribution is -0.144. The van der Waals surface area contributed by atoms with Gasteiger partial charge in [-0.25, -0.2) is 13.6 Å². The molecule has 11 nitrogen and oxygen atoms in total. The molecule has 2 aliphatic rings. The number of nitrogens with one attached hydrogen (secondary N) is 2. The number of carboxylic acid groups (broad SMARTS) is 1. The van der Waals surface area contributed by atoms with Crippen LogP contribution in [0.3, 0.4) is 0 Å². The summed E-state index contributed by atoms with van der Waals surface area (Å²) in [5, 5.41) is 14.3. The molecule has 0 aromatic heterocycles. The molecular weight excluding hydrogens is 528 g/mol. The number of amides is 4. The predicted molar refractivity (Wildman–Crippen MR) is 140 cm³/mol. The fourth-order valence-electron chi connectivity index (χ4n) is 4.99. The Bertz CT molecular complexity index is 1300. The number of benzene rings is 2. The van der Waals surface area contributed by atoms with Crippen LogP contribution in [-0.4, -0.2) is 71.1 Å². The van der Waals surface area contributed by atoms with Gasteiger partial charge in [-0.15, -0.1) is 0 Å². The van der Waals surface area contributed by atoms with Gasteiger partial charge in [0.25, 0.3) is 5.91 Å². The summed E-state index contributed by atoms with van der Waals surface area (Å²) in [5.41, 5.74) is 6.68. The van der Waals surface area contributed by atoms with Crippen LogP contribution in [-0.2, 0) is 25.7 Å². The molecule has 3 atom stereocenters. The van der Waals surface area contributed by atoms with E-state index < -0.39 is 59.3 Å². The van der Waals surface area contributed by atoms with E-state index in [0.29, 0.717) is 42.9 Å². The molecule has 5 N–H and O–H groups in total. The second-order valence-electron chi connectivity index (χ2n) is 9.92. The summed E-state index contributed by atoms with van der Waals surface area (Å²) in [7, 11) is 1.24. The van der Waals surface area contributed by atoms with Crippen molar-refractivity contribution in [1.82, 2.24) is 15.1 Å². The van der Waals surface area contributed by atoms with Gasteiger partial charge < -0.3 is 31.1 Å². The van der Waals surface area contributed by atoms with Crippen molar-refractivity contribution in [2.24, 2.45) is 5.92 Å². The summed E-state index contributed by atoms with van der Waals surface area (Å²) in [6, 6.07) is 4.39. The Morgan fingerprint density at radius 3 is 2.40 bits per heavy atom. The molecular formula is C27H31F2N5O6. The minimum absolute atomic E-state index is 0.0444. The van der Waals surface area contributed by atoms with Gasteiger partial charge in [0.1, 0.15) is 35.4 Å². The molecule has 1 fully saturated rings. The van der Waals surface area contributed by atoms with Gasteiger partial charge in [-0.2, -0.15) is 0 Å². The van der Waals surface area contributed by atoms with Crippen molar-refractivity contribution in [3.8, 4) is 0 Å². The van der Waals surface area contributed by atoms with Crippen LogP contribution in [0, 0.1) is 17.6 Å². The zero-order valence-corrected chi connectivity index (χ0v) is 22.0. The minimum atomic E-state index is -1.32. The van der Waals surface area contributed by atoms with E-state index in [2.05, 4.69) is 10.6 Å². The molecule has 0 spiro atoms. The highest BCUT2D eigenvalue weighted by Gasteiger charge is 2.44. The van der Waals surface area contributed by atoms with Crippen LogP contribution in [0.4, 0.5) is 25.0 Å². The van der Waals surface area contributed by atoms with Gasteiger partial charge in [0.15, 0.2) is 0 Å². The maximum atomic E-state index is 14.4. The van der Waals surface area contributed by atoms with E-state index in [4.69, 9.17) is 10.5 Å². The number of likely N-dealkylation sites (N-methyl/N-ethyl adjacent to an activating group) is 1. The summed E-state index contributed by atoms with van der Waals surface area (Å²) in [5.74, 6) is -4.47. The number of nitrogens with zero attached hydrogens (tertiary/aromatic N) is 2. The van der Waals surface area contributed by atoms with Gasteiger partial charge in [-0.3, -0.25) is 19.3 Å². The third kappa shape index (κ3) is 5.83. The average molecular weight is 560 g/mol. The molecule has 0 saturated carbocycles. The summed E-state index contributed by atoms with van der Waals surface area (Å²) >= 11 is 0. The van der Waals surface area contributed by atoms with Crippen LogP contribution < -0.4 is 16.4 Å². The van der Waals surface area contributed by atoms with Gasteiger partial charge >= 0.3 is 6.09 Å². The van der Waals surface area contributed by atoms with Crippen molar-refractivity contribution in [2.45, 2.75) is 44.4 Å². The summed E-state index contributed by atoms with van der Waals surface area (Å²) in [6.45, 7) is 2.05. The first-order valence-corrected chi connectivity index (χ1v) is 12.8. The number of para-hydroxylation sites is 1. The lowest BCUT2D eigenvalue weighted by Gasteiger charge is -2.35. The van der Waals surface area contributed by atoms with Gasteiger partial charge in [-0.1, -0.05) is 12.1 Å². The SMILES string of the molecule is CC(C(=O)N[C@H](C(=O)N1Cc2cc(N)ccc2[C@@H]1C(=O)Nc1c(F)cccc1F)C1CCOCC1)N(C)C(=O)O.